The second-order valence-electron chi connectivity index (χ2n) is 4.14. The summed E-state index contributed by atoms with van der Waals surface area (Å²) in [6.45, 7) is 6.80. The lowest BCUT2D eigenvalue weighted by atomic mass is 9.96. The number of hydrogen-bond acceptors (Lipinski definition) is 5. The van der Waals surface area contributed by atoms with Crippen molar-refractivity contribution in [3.8, 4) is 6.07 Å². The maximum absolute atomic E-state index is 11.5. The average molecular weight is 241 g/mol. The quantitative estimate of drug-likeness (QED) is 0.522. The summed E-state index contributed by atoms with van der Waals surface area (Å²) in [7, 11) is 0. The van der Waals surface area contributed by atoms with Crippen LogP contribution in [0, 0.1) is 23.2 Å². The molecule has 0 aliphatic carbocycles. The lowest BCUT2D eigenvalue weighted by Crippen LogP contribution is -2.30. The lowest BCUT2D eigenvalue weighted by Gasteiger charge is -2.18. The second kappa shape index (κ2) is 7.66. The molecule has 2 atom stereocenters. The maximum atomic E-state index is 11.5. The van der Waals surface area contributed by atoms with E-state index >= 15 is 0 Å². The molecule has 5 nitrogen and oxygen atoms in total. The third kappa shape index (κ3) is 5.91. The van der Waals surface area contributed by atoms with Crippen LogP contribution in [-0.2, 0) is 19.1 Å². The van der Waals surface area contributed by atoms with Gasteiger partial charge in [-0.2, -0.15) is 5.26 Å². The first kappa shape index (κ1) is 15.4. The summed E-state index contributed by atoms with van der Waals surface area (Å²) in [4.78, 5) is 23.1. The van der Waals surface area contributed by atoms with Gasteiger partial charge in [-0.1, -0.05) is 13.8 Å². The van der Waals surface area contributed by atoms with Gasteiger partial charge in [0, 0.05) is 0 Å². The topological polar surface area (TPSA) is 76.4 Å². The van der Waals surface area contributed by atoms with E-state index in [2.05, 4.69) is 0 Å². The van der Waals surface area contributed by atoms with Crippen LogP contribution in [-0.4, -0.2) is 24.6 Å². The van der Waals surface area contributed by atoms with E-state index in [0.717, 1.165) is 0 Å². The molecule has 5 heteroatoms. The van der Waals surface area contributed by atoms with E-state index in [-0.39, 0.29) is 19.1 Å². The van der Waals surface area contributed by atoms with E-state index in [1.165, 1.54) is 0 Å². The van der Waals surface area contributed by atoms with Crippen LogP contribution in [0.25, 0.3) is 0 Å². The smallest absolute Gasteiger partial charge is 0.309 e. The van der Waals surface area contributed by atoms with Gasteiger partial charge in [-0.3, -0.25) is 9.59 Å². The van der Waals surface area contributed by atoms with E-state index in [9.17, 15) is 9.59 Å². The van der Waals surface area contributed by atoms with Gasteiger partial charge in [0.15, 0.2) is 0 Å². The average Bonchev–Trinajstić information content (AvgIpc) is 2.26. The summed E-state index contributed by atoms with van der Waals surface area (Å²) in [5.41, 5.74) is 0. The molecule has 0 saturated heterocycles. The van der Waals surface area contributed by atoms with E-state index < -0.39 is 23.8 Å². The molecular formula is C12H19NO4. The molecule has 0 heterocycles. The monoisotopic (exact) mass is 241 g/mol. The van der Waals surface area contributed by atoms with E-state index in [1.807, 2.05) is 6.07 Å². The lowest BCUT2D eigenvalue weighted by molar-refractivity contribution is -0.161. The Kier molecular flexibility index (Phi) is 6.95. The van der Waals surface area contributed by atoms with Gasteiger partial charge in [0.05, 0.1) is 30.4 Å². The van der Waals surface area contributed by atoms with Crippen molar-refractivity contribution >= 4 is 11.9 Å². The Balaban J connectivity index is 4.19. The van der Waals surface area contributed by atoms with Crippen molar-refractivity contribution in [2.24, 2.45) is 11.8 Å². The third-order valence-electron chi connectivity index (χ3n) is 2.30. The van der Waals surface area contributed by atoms with Crippen molar-refractivity contribution < 1.29 is 19.1 Å². The molecule has 0 bridgehead atoms. The number of rotatable bonds is 6. The largest absolute Gasteiger partial charge is 0.464 e. The predicted octanol–water partition coefficient (Wildman–Crippen LogP) is 1.67. The molecule has 0 aromatic carbocycles. The first-order valence-corrected chi connectivity index (χ1v) is 5.64. The van der Waals surface area contributed by atoms with Gasteiger partial charge in [0.25, 0.3) is 0 Å². The number of carbonyl (C=O) groups excluding carboxylic acids is 2. The Morgan fingerprint density at radius 1 is 1.12 bits per heavy atom. The number of nitriles is 1. The Morgan fingerprint density at radius 2 is 1.65 bits per heavy atom. The Morgan fingerprint density at radius 3 is 2.12 bits per heavy atom. The van der Waals surface area contributed by atoms with Gasteiger partial charge >= 0.3 is 11.9 Å². The van der Waals surface area contributed by atoms with E-state index in [0.29, 0.717) is 0 Å². The normalized spacial score (nSPS) is 13.6. The van der Waals surface area contributed by atoms with Crippen molar-refractivity contribution in [3.63, 3.8) is 0 Å². The summed E-state index contributed by atoms with van der Waals surface area (Å²) in [5.74, 6) is -2.01. The summed E-state index contributed by atoms with van der Waals surface area (Å²) in [5, 5.41) is 8.30. The van der Waals surface area contributed by atoms with Crippen molar-refractivity contribution in [3.05, 3.63) is 0 Å². The van der Waals surface area contributed by atoms with Crippen molar-refractivity contribution in [2.45, 2.75) is 40.2 Å². The molecule has 0 N–H and O–H groups in total. The van der Waals surface area contributed by atoms with Crippen LogP contribution in [0.4, 0.5) is 0 Å². The van der Waals surface area contributed by atoms with Gasteiger partial charge < -0.3 is 9.47 Å². The van der Waals surface area contributed by atoms with Crippen LogP contribution in [0.5, 0.6) is 0 Å². The molecule has 2 unspecified atom stereocenters. The molecule has 96 valence electrons. The van der Waals surface area contributed by atoms with Crippen molar-refractivity contribution in [2.75, 3.05) is 6.61 Å². The van der Waals surface area contributed by atoms with Gasteiger partial charge in [0.2, 0.25) is 0 Å². The highest BCUT2D eigenvalue weighted by Crippen LogP contribution is 2.15. The Bertz CT molecular complexity index is 306. The summed E-state index contributed by atoms with van der Waals surface area (Å²) >= 11 is 0. The van der Waals surface area contributed by atoms with Gasteiger partial charge in [-0.05, 0) is 13.8 Å². The van der Waals surface area contributed by atoms with Crippen LogP contribution in [0.15, 0.2) is 0 Å². The number of hydrogen-bond donors (Lipinski definition) is 0. The standard InChI is InChI=1S/C12H19NO4/c1-8(2)17-12(15)10(4)9(3)11(14)16-7-5-6-13/h8-10H,5,7H2,1-4H3. The van der Waals surface area contributed by atoms with Crippen LogP contribution in [0.1, 0.15) is 34.1 Å². The molecule has 0 aliphatic rings. The molecule has 17 heavy (non-hydrogen) atoms. The summed E-state index contributed by atoms with van der Waals surface area (Å²) < 4.78 is 9.86. The SMILES string of the molecule is CC(C)OC(=O)C(C)C(C)C(=O)OCCC#N. The fourth-order valence-electron chi connectivity index (χ4n) is 1.08. The number of carbonyl (C=O) groups is 2. The highest BCUT2D eigenvalue weighted by molar-refractivity contribution is 5.81. The Labute approximate surface area is 102 Å². The zero-order chi connectivity index (χ0) is 13.4. The van der Waals surface area contributed by atoms with Crippen LogP contribution in [0.2, 0.25) is 0 Å². The van der Waals surface area contributed by atoms with E-state index in [1.54, 1.807) is 27.7 Å². The zero-order valence-corrected chi connectivity index (χ0v) is 10.7. The van der Waals surface area contributed by atoms with Crippen LogP contribution < -0.4 is 0 Å². The first-order valence-electron chi connectivity index (χ1n) is 5.64. The summed E-state index contributed by atoms with van der Waals surface area (Å²) in [6.07, 6.45) is -0.0460. The number of esters is 2. The fraction of sp³-hybridized carbons (Fsp3) is 0.750. The molecule has 0 aliphatic heterocycles. The van der Waals surface area contributed by atoms with Gasteiger partial charge in [-0.15, -0.1) is 0 Å². The fourth-order valence-corrected chi connectivity index (χ4v) is 1.08. The van der Waals surface area contributed by atoms with Gasteiger partial charge in [-0.25, -0.2) is 0 Å². The number of ether oxygens (including phenoxy) is 2. The predicted molar refractivity (Wildman–Crippen MR) is 60.7 cm³/mol. The first-order chi connectivity index (χ1) is 7.90. The van der Waals surface area contributed by atoms with Crippen molar-refractivity contribution in [1.29, 1.82) is 5.26 Å². The molecule has 0 saturated carbocycles. The van der Waals surface area contributed by atoms with Crippen molar-refractivity contribution in [1.82, 2.24) is 0 Å². The molecule has 0 aromatic rings. The molecule has 0 fully saturated rings. The molecule has 0 radical (unpaired) electrons. The highest BCUT2D eigenvalue weighted by atomic mass is 16.5. The minimum Gasteiger partial charge on any atom is -0.464 e. The molecule has 0 aromatic heterocycles. The summed E-state index contributed by atoms with van der Waals surface area (Å²) in [6, 6.07) is 1.87. The second-order valence-corrected chi connectivity index (χ2v) is 4.14. The van der Waals surface area contributed by atoms with Crippen LogP contribution >= 0.6 is 0 Å². The van der Waals surface area contributed by atoms with E-state index in [4.69, 9.17) is 14.7 Å². The molecule has 0 rings (SSSR count). The third-order valence-corrected chi connectivity index (χ3v) is 2.30. The van der Waals surface area contributed by atoms with Gasteiger partial charge in [0.1, 0.15) is 6.61 Å². The minimum absolute atomic E-state index is 0.0611. The molecule has 0 spiro atoms. The minimum atomic E-state index is -0.569. The number of nitrogens with zero attached hydrogens (tertiary/aromatic N) is 1. The molecule has 0 amide bonds. The Hall–Kier alpha value is -1.57. The highest BCUT2D eigenvalue weighted by Gasteiger charge is 2.28. The molecular weight excluding hydrogens is 222 g/mol. The van der Waals surface area contributed by atoms with Crippen LogP contribution in [0.3, 0.4) is 0 Å². The zero-order valence-electron chi connectivity index (χ0n) is 10.7. The maximum Gasteiger partial charge on any atom is 0.309 e.